The Morgan fingerprint density at radius 1 is 0.750 bits per heavy atom. The summed E-state index contributed by atoms with van der Waals surface area (Å²) in [5, 5.41) is 0. The molecule has 0 N–H and O–H groups in total. The lowest BCUT2D eigenvalue weighted by molar-refractivity contribution is -0.288. The van der Waals surface area contributed by atoms with Gasteiger partial charge in [0.15, 0.2) is 6.29 Å². The highest BCUT2D eigenvalue weighted by Crippen LogP contribution is 2.56. The van der Waals surface area contributed by atoms with Crippen LogP contribution in [0.3, 0.4) is 0 Å². The summed E-state index contributed by atoms with van der Waals surface area (Å²) in [4.78, 5) is 27.2. The summed E-state index contributed by atoms with van der Waals surface area (Å²) in [5.74, 6) is 0. The number of halogens is 6. The van der Waals surface area contributed by atoms with Gasteiger partial charge in [-0.3, -0.25) is 9.79 Å². The highest BCUT2D eigenvalue weighted by molar-refractivity contribution is 6.13. The predicted octanol–water partition coefficient (Wildman–Crippen LogP) is 4.97. The number of aliphatic imine (C=N–C) groups is 2. The third-order valence-corrected chi connectivity index (χ3v) is 3.91. The fraction of sp³-hybridized carbons (Fsp3) is 0.167. The molecule has 0 unspecified atom stereocenters. The fourth-order valence-corrected chi connectivity index (χ4v) is 2.73. The first-order valence-corrected chi connectivity index (χ1v) is 7.48. The van der Waals surface area contributed by atoms with Crippen molar-refractivity contribution in [1.29, 1.82) is 0 Å². The summed E-state index contributed by atoms with van der Waals surface area (Å²) in [5.41, 5.74) is -6.64. The van der Waals surface area contributed by atoms with E-state index < -0.39 is 28.9 Å². The van der Waals surface area contributed by atoms with Crippen LogP contribution in [0.4, 0.5) is 37.7 Å². The minimum atomic E-state index is -5.74. The zero-order valence-electron chi connectivity index (χ0n) is 13.8. The molecular formula is C18H10F6N2O2. The maximum absolute atomic E-state index is 13.9. The summed E-state index contributed by atoms with van der Waals surface area (Å²) >= 11 is 0. The molecule has 0 amide bonds. The van der Waals surface area contributed by atoms with Crippen molar-refractivity contribution in [3.05, 3.63) is 59.7 Å². The Balaban J connectivity index is 2.77. The second-order valence-corrected chi connectivity index (χ2v) is 5.46. The number of carbonyl (C=O) groups excluding carboxylic acids is 2. The first-order valence-electron chi connectivity index (χ1n) is 7.48. The van der Waals surface area contributed by atoms with Crippen molar-refractivity contribution in [1.82, 2.24) is 0 Å². The molecule has 0 aliphatic heterocycles. The lowest BCUT2D eigenvalue weighted by atomic mass is 9.73. The highest BCUT2D eigenvalue weighted by atomic mass is 19.4. The molecule has 0 fully saturated rings. The molecule has 0 heterocycles. The number of isocyanates is 1. The molecule has 2 aromatic carbocycles. The van der Waals surface area contributed by atoms with Gasteiger partial charge in [0.05, 0.1) is 17.6 Å². The van der Waals surface area contributed by atoms with E-state index in [0.717, 1.165) is 36.6 Å². The molecule has 146 valence electrons. The number of benzene rings is 2. The van der Waals surface area contributed by atoms with Gasteiger partial charge in [0.1, 0.15) is 0 Å². The lowest BCUT2D eigenvalue weighted by Gasteiger charge is -2.38. The normalized spacial score (nSPS) is 12.6. The van der Waals surface area contributed by atoms with Gasteiger partial charge in [0, 0.05) is 0 Å². The summed E-state index contributed by atoms with van der Waals surface area (Å²) in [6, 6.07) is 6.10. The minimum Gasteiger partial charge on any atom is -0.297 e. The lowest BCUT2D eigenvalue weighted by Crippen LogP contribution is -2.54. The molecule has 0 radical (unpaired) electrons. The van der Waals surface area contributed by atoms with E-state index in [1.807, 2.05) is 0 Å². The summed E-state index contributed by atoms with van der Waals surface area (Å²) < 4.78 is 83.5. The second-order valence-electron chi connectivity index (χ2n) is 5.46. The van der Waals surface area contributed by atoms with Crippen molar-refractivity contribution in [2.75, 3.05) is 0 Å². The molecule has 28 heavy (non-hydrogen) atoms. The number of nitrogens with zero attached hydrogens (tertiary/aromatic N) is 2. The molecule has 0 aliphatic carbocycles. The molecule has 0 aromatic heterocycles. The van der Waals surface area contributed by atoms with Gasteiger partial charge in [-0.05, 0) is 35.4 Å². The molecule has 0 bridgehead atoms. The zero-order valence-corrected chi connectivity index (χ0v) is 13.8. The number of aldehydes is 1. The predicted molar refractivity (Wildman–Crippen MR) is 87.8 cm³/mol. The molecule has 0 spiro atoms. The van der Waals surface area contributed by atoms with Gasteiger partial charge >= 0.3 is 12.4 Å². The van der Waals surface area contributed by atoms with Crippen LogP contribution in [-0.2, 0) is 15.0 Å². The quantitative estimate of drug-likeness (QED) is 0.308. The van der Waals surface area contributed by atoms with Gasteiger partial charge in [-0.2, -0.15) is 31.3 Å². The van der Waals surface area contributed by atoms with Crippen molar-refractivity contribution in [3.8, 4) is 0 Å². The van der Waals surface area contributed by atoms with E-state index in [4.69, 9.17) is 0 Å². The van der Waals surface area contributed by atoms with E-state index >= 15 is 0 Å². The average Bonchev–Trinajstić information content (AvgIpc) is 2.61. The Labute approximate surface area is 154 Å². The molecule has 0 saturated carbocycles. The number of hydrogen-bond donors (Lipinski definition) is 0. The minimum absolute atomic E-state index is 0.00441. The van der Waals surface area contributed by atoms with Crippen LogP contribution in [0.5, 0.6) is 0 Å². The standard InChI is InChI=1S/C18H10F6N2O2/c19-17(20,21)16(18(22,23)24,13-3-7-15(8-4-13)26-11-28)12-1-5-14(6-2-12)25-9-10-27/h1-10H. The molecule has 10 heteroatoms. The SMILES string of the molecule is O=C=Nc1ccc(C(c2ccc(N=CC=O)cc2)(C(F)(F)F)C(F)(F)F)cc1. The van der Waals surface area contributed by atoms with Crippen molar-refractivity contribution in [2.24, 2.45) is 9.98 Å². The van der Waals surface area contributed by atoms with Crippen molar-refractivity contribution >= 4 is 30.0 Å². The largest absolute Gasteiger partial charge is 0.411 e. The molecule has 2 rings (SSSR count). The second kappa shape index (κ2) is 7.77. The first kappa shape index (κ1) is 21.0. The van der Waals surface area contributed by atoms with Gasteiger partial charge in [-0.25, -0.2) is 4.79 Å². The summed E-state index contributed by atoms with van der Waals surface area (Å²) in [6.07, 6.45) is -9.21. The Kier molecular flexibility index (Phi) is 5.84. The van der Waals surface area contributed by atoms with Gasteiger partial charge < -0.3 is 0 Å². The maximum Gasteiger partial charge on any atom is 0.411 e. The van der Waals surface area contributed by atoms with E-state index in [0.29, 0.717) is 30.6 Å². The number of alkyl halides is 6. The topological polar surface area (TPSA) is 58.9 Å². The number of carbonyl (C=O) groups is 1. The maximum atomic E-state index is 13.9. The van der Waals surface area contributed by atoms with Crippen molar-refractivity contribution in [2.45, 2.75) is 17.8 Å². The Bertz CT molecular complexity index is 895. The highest BCUT2D eigenvalue weighted by Gasteiger charge is 2.72. The van der Waals surface area contributed by atoms with Gasteiger partial charge in [0.25, 0.3) is 0 Å². The summed E-state index contributed by atoms with van der Waals surface area (Å²) in [7, 11) is 0. The van der Waals surface area contributed by atoms with Crippen LogP contribution in [0.25, 0.3) is 0 Å². The number of hydrogen-bond acceptors (Lipinski definition) is 4. The van der Waals surface area contributed by atoms with Crippen LogP contribution in [0.2, 0.25) is 0 Å². The van der Waals surface area contributed by atoms with Crippen LogP contribution < -0.4 is 0 Å². The van der Waals surface area contributed by atoms with Gasteiger partial charge in [-0.1, -0.05) is 24.3 Å². The van der Waals surface area contributed by atoms with Crippen LogP contribution >= 0.6 is 0 Å². The third kappa shape index (κ3) is 3.72. The molecule has 0 aliphatic rings. The zero-order chi connectivity index (χ0) is 21.0. The third-order valence-electron chi connectivity index (χ3n) is 3.91. The van der Waals surface area contributed by atoms with Crippen LogP contribution in [0, 0.1) is 0 Å². The summed E-state index contributed by atoms with van der Waals surface area (Å²) in [6.45, 7) is 0. The van der Waals surface area contributed by atoms with Crippen molar-refractivity contribution < 1.29 is 35.9 Å². The average molecular weight is 400 g/mol. The van der Waals surface area contributed by atoms with E-state index in [1.165, 1.54) is 0 Å². The molecule has 0 atom stereocenters. The Hall–Kier alpha value is -3.26. The van der Waals surface area contributed by atoms with E-state index in [9.17, 15) is 35.9 Å². The Morgan fingerprint density at radius 3 is 1.54 bits per heavy atom. The van der Waals surface area contributed by atoms with Crippen LogP contribution in [0.1, 0.15) is 11.1 Å². The van der Waals surface area contributed by atoms with E-state index in [-0.39, 0.29) is 11.4 Å². The van der Waals surface area contributed by atoms with Crippen LogP contribution in [-0.4, -0.2) is 30.9 Å². The molecular weight excluding hydrogens is 390 g/mol. The van der Waals surface area contributed by atoms with Crippen LogP contribution in [0.15, 0.2) is 58.5 Å². The van der Waals surface area contributed by atoms with E-state index in [1.54, 1.807) is 0 Å². The fourth-order valence-electron chi connectivity index (χ4n) is 2.73. The van der Waals surface area contributed by atoms with Crippen molar-refractivity contribution in [3.63, 3.8) is 0 Å². The first-order chi connectivity index (χ1) is 13.1. The van der Waals surface area contributed by atoms with Gasteiger partial charge in [0.2, 0.25) is 11.5 Å². The van der Waals surface area contributed by atoms with E-state index in [2.05, 4.69) is 9.98 Å². The molecule has 0 saturated heterocycles. The van der Waals surface area contributed by atoms with Gasteiger partial charge in [-0.15, -0.1) is 0 Å². The Morgan fingerprint density at radius 2 is 1.18 bits per heavy atom. The smallest absolute Gasteiger partial charge is 0.297 e. The molecule has 2 aromatic rings. The number of rotatable bonds is 5. The monoisotopic (exact) mass is 400 g/mol. The molecule has 4 nitrogen and oxygen atoms in total.